The summed E-state index contributed by atoms with van der Waals surface area (Å²) in [5.41, 5.74) is 10.5. The van der Waals surface area contributed by atoms with Crippen molar-refractivity contribution in [3.63, 3.8) is 0 Å². The SMILES string of the molecule is NCCCCCC(=O)CCCCCCCCCC(N)=O. The molecule has 0 rings (SSSR count). The number of hydrogen-bond donors (Lipinski definition) is 2. The lowest BCUT2D eigenvalue weighted by Crippen LogP contribution is -2.09. The summed E-state index contributed by atoms with van der Waals surface area (Å²) in [4.78, 5) is 22.1. The number of rotatable bonds is 15. The lowest BCUT2D eigenvalue weighted by molar-refractivity contribution is -0.119. The van der Waals surface area contributed by atoms with Crippen LogP contribution >= 0.6 is 0 Å². The summed E-state index contributed by atoms with van der Waals surface area (Å²) in [5.74, 6) is 0.207. The molecule has 0 bridgehead atoms. The van der Waals surface area contributed by atoms with Crippen molar-refractivity contribution >= 4 is 11.7 Å². The number of Topliss-reactive ketones (excluding diaryl/α,β-unsaturated/α-hetero) is 1. The maximum atomic E-state index is 11.6. The quantitative estimate of drug-likeness (QED) is 0.453. The van der Waals surface area contributed by atoms with Crippen molar-refractivity contribution in [2.24, 2.45) is 11.5 Å². The Balaban J connectivity index is 3.15. The van der Waals surface area contributed by atoms with E-state index >= 15 is 0 Å². The molecule has 0 heterocycles. The molecule has 0 saturated heterocycles. The first kappa shape index (κ1) is 19.1. The zero-order valence-corrected chi connectivity index (χ0v) is 12.9. The van der Waals surface area contributed by atoms with Crippen molar-refractivity contribution in [3.05, 3.63) is 0 Å². The minimum absolute atomic E-state index is 0.199. The highest BCUT2D eigenvalue weighted by molar-refractivity contribution is 5.78. The van der Waals surface area contributed by atoms with Gasteiger partial charge in [0.1, 0.15) is 5.78 Å². The molecule has 0 radical (unpaired) electrons. The van der Waals surface area contributed by atoms with Crippen molar-refractivity contribution in [3.8, 4) is 0 Å². The van der Waals surface area contributed by atoms with Gasteiger partial charge in [0.05, 0.1) is 0 Å². The van der Waals surface area contributed by atoms with Crippen molar-refractivity contribution < 1.29 is 9.59 Å². The fourth-order valence-electron chi connectivity index (χ4n) is 2.27. The Hall–Kier alpha value is -0.900. The second kappa shape index (κ2) is 14.5. The monoisotopic (exact) mass is 284 g/mol. The predicted octanol–water partition coefficient (Wildman–Crippen LogP) is 3.07. The third kappa shape index (κ3) is 15.2. The van der Waals surface area contributed by atoms with Gasteiger partial charge in [-0.3, -0.25) is 9.59 Å². The predicted molar refractivity (Wildman–Crippen MR) is 83.3 cm³/mol. The first-order valence-electron chi connectivity index (χ1n) is 8.17. The van der Waals surface area contributed by atoms with E-state index in [-0.39, 0.29) is 5.91 Å². The number of unbranched alkanes of at least 4 members (excludes halogenated alkanes) is 8. The minimum Gasteiger partial charge on any atom is -0.370 e. The van der Waals surface area contributed by atoms with Gasteiger partial charge in [-0.2, -0.15) is 0 Å². The van der Waals surface area contributed by atoms with Gasteiger partial charge in [-0.05, 0) is 32.2 Å². The molecule has 0 aliphatic carbocycles. The molecule has 0 spiro atoms. The van der Waals surface area contributed by atoms with Crippen LogP contribution in [0.5, 0.6) is 0 Å². The summed E-state index contributed by atoms with van der Waals surface area (Å²) < 4.78 is 0. The van der Waals surface area contributed by atoms with Crippen molar-refractivity contribution in [2.75, 3.05) is 6.54 Å². The van der Waals surface area contributed by atoms with Gasteiger partial charge in [0.15, 0.2) is 0 Å². The molecule has 0 fully saturated rings. The van der Waals surface area contributed by atoms with Crippen LogP contribution in [0.25, 0.3) is 0 Å². The van der Waals surface area contributed by atoms with Gasteiger partial charge in [0.25, 0.3) is 0 Å². The smallest absolute Gasteiger partial charge is 0.217 e. The van der Waals surface area contributed by atoms with Crippen LogP contribution in [0.2, 0.25) is 0 Å². The van der Waals surface area contributed by atoms with Crippen LogP contribution in [0.15, 0.2) is 0 Å². The standard InChI is InChI=1S/C16H32N2O2/c17-14-10-6-8-12-15(19)11-7-4-2-1-3-5-9-13-16(18)20/h1-14,17H2,(H2,18,20). The average Bonchev–Trinajstić information content (AvgIpc) is 2.41. The summed E-state index contributed by atoms with van der Waals surface area (Å²) in [6.07, 6.45) is 12.8. The highest BCUT2D eigenvalue weighted by Gasteiger charge is 2.01. The Morgan fingerprint density at radius 1 is 0.600 bits per heavy atom. The largest absolute Gasteiger partial charge is 0.370 e. The molecular formula is C16H32N2O2. The summed E-state index contributed by atoms with van der Waals surface area (Å²) in [6, 6.07) is 0. The van der Waals surface area contributed by atoms with E-state index in [0.29, 0.717) is 12.2 Å². The van der Waals surface area contributed by atoms with E-state index in [2.05, 4.69) is 0 Å². The van der Waals surface area contributed by atoms with Crippen LogP contribution in [-0.2, 0) is 9.59 Å². The molecule has 0 aromatic carbocycles. The molecule has 20 heavy (non-hydrogen) atoms. The third-order valence-corrected chi connectivity index (χ3v) is 3.54. The molecule has 0 aliphatic heterocycles. The van der Waals surface area contributed by atoms with Crippen molar-refractivity contribution in [1.29, 1.82) is 0 Å². The number of primary amides is 1. The lowest BCUT2D eigenvalue weighted by Gasteiger charge is -2.02. The molecule has 0 aromatic rings. The van der Waals surface area contributed by atoms with Crippen molar-refractivity contribution in [1.82, 2.24) is 0 Å². The highest BCUT2D eigenvalue weighted by atomic mass is 16.1. The van der Waals surface area contributed by atoms with Crippen LogP contribution in [0.4, 0.5) is 0 Å². The molecule has 0 atom stereocenters. The van der Waals surface area contributed by atoms with E-state index in [0.717, 1.165) is 64.3 Å². The van der Waals surface area contributed by atoms with Gasteiger partial charge in [0, 0.05) is 19.3 Å². The van der Waals surface area contributed by atoms with E-state index in [4.69, 9.17) is 11.5 Å². The number of nitrogens with two attached hydrogens (primary N) is 2. The van der Waals surface area contributed by atoms with Gasteiger partial charge >= 0.3 is 0 Å². The second-order valence-corrected chi connectivity index (χ2v) is 5.58. The Bertz CT molecular complexity index is 255. The lowest BCUT2D eigenvalue weighted by atomic mass is 10.0. The van der Waals surface area contributed by atoms with Crippen LogP contribution in [0, 0.1) is 0 Å². The summed E-state index contributed by atoms with van der Waals surface area (Å²) in [5, 5.41) is 0. The zero-order valence-electron chi connectivity index (χ0n) is 12.9. The fourth-order valence-corrected chi connectivity index (χ4v) is 2.27. The van der Waals surface area contributed by atoms with E-state index in [1.807, 2.05) is 0 Å². The van der Waals surface area contributed by atoms with E-state index in [1.54, 1.807) is 0 Å². The van der Waals surface area contributed by atoms with Gasteiger partial charge in [0.2, 0.25) is 5.91 Å². The number of amides is 1. The molecule has 1 amide bonds. The molecule has 0 aliphatic rings. The Morgan fingerprint density at radius 3 is 1.45 bits per heavy atom. The normalized spacial score (nSPS) is 10.7. The molecule has 0 unspecified atom stereocenters. The van der Waals surface area contributed by atoms with Gasteiger partial charge < -0.3 is 11.5 Å². The Morgan fingerprint density at radius 2 is 1.00 bits per heavy atom. The first-order chi connectivity index (χ1) is 9.66. The topological polar surface area (TPSA) is 86.2 Å². The molecule has 4 nitrogen and oxygen atoms in total. The van der Waals surface area contributed by atoms with Crippen molar-refractivity contribution in [2.45, 2.75) is 83.5 Å². The number of carbonyl (C=O) groups excluding carboxylic acids is 2. The molecule has 4 heteroatoms. The molecule has 0 aromatic heterocycles. The maximum Gasteiger partial charge on any atom is 0.217 e. The van der Waals surface area contributed by atoms with Gasteiger partial charge in [-0.15, -0.1) is 0 Å². The number of carbonyl (C=O) groups is 2. The van der Waals surface area contributed by atoms with Gasteiger partial charge in [-0.1, -0.05) is 38.5 Å². The molecule has 118 valence electrons. The third-order valence-electron chi connectivity index (χ3n) is 3.54. The summed E-state index contributed by atoms with van der Waals surface area (Å²) in [6.45, 7) is 0.730. The van der Waals surface area contributed by atoms with Crippen LogP contribution in [0.3, 0.4) is 0 Å². The maximum absolute atomic E-state index is 11.6. The molecular weight excluding hydrogens is 252 g/mol. The molecule has 0 saturated carbocycles. The number of hydrogen-bond acceptors (Lipinski definition) is 3. The molecule has 4 N–H and O–H groups in total. The second-order valence-electron chi connectivity index (χ2n) is 5.58. The number of ketones is 1. The van der Waals surface area contributed by atoms with E-state index < -0.39 is 0 Å². The van der Waals surface area contributed by atoms with E-state index in [9.17, 15) is 9.59 Å². The van der Waals surface area contributed by atoms with Crippen LogP contribution < -0.4 is 11.5 Å². The minimum atomic E-state index is -0.199. The Kier molecular flexibility index (Phi) is 13.9. The van der Waals surface area contributed by atoms with Crippen LogP contribution in [-0.4, -0.2) is 18.2 Å². The summed E-state index contributed by atoms with van der Waals surface area (Å²) in [7, 11) is 0. The fraction of sp³-hybridized carbons (Fsp3) is 0.875. The highest BCUT2D eigenvalue weighted by Crippen LogP contribution is 2.11. The van der Waals surface area contributed by atoms with E-state index in [1.165, 1.54) is 19.3 Å². The van der Waals surface area contributed by atoms with Gasteiger partial charge in [-0.25, -0.2) is 0 Å². The zero-order chi connectivity index (χ0) is 15.1. The summed E-state index contributed by atoms with van der Waals surface area (Å²) >= 11 is 0. The van der Waals surface area contributed by atoms with Crippen LogP contribution in [0.1, 0.15) is 83.5 Å². The first-order valence-corrected chi connectivity index (χ1v) is 8.17. The average molecular weight is 284 g/mol. The Labute approximate surface area is 123 Å².